The van der Waals surface area contributed by atoms with Crippen molar-refractivity contribution in [3.63, 3.8) is 0 Å². The molecule has 0 saturated heterocycles. The Morgan fingerprint density at radius 1 is 1.44 bits per heavy atom. The first kappa shape index (κ1) is 8.14. The number of nitrogens with zero attached hydrogens (tertiary/aromatic N) is 2. The van der Waals surface area contributed by atoms with Gasteiger partial charge in [-0.05, 0) is 13.8 Å². The molecule has 9 heavy (non-hydrogen) atoms. The standard InChI is InChI=1S/C6H13N2O/c1-6(2)7-9-5-8(3)4/h5H,1-4H3/q+1. The maximum atomic E-state index is 4.75. The molecule has 3 heteroatoms. The van der Waals surface area contributed by atoms with Crippen molar-refractivity contribution >= 4 is 12.1 Å². The molecule has 0 aromatic rings. The third kappa shape index (κ3) is 7.14. The van der Waals surface area contributed by atoms with Crippen molar-refractivity contribution in [1.29, 1.82) is 0 Å². The van der Waals surface area contributed by atoms with E-state index in [1.165, 1.54) is 6.40 Å². The molecule has 3 nitrogen and oxygen atoms in total. The van der Waals surface area contributed by atoms with Crippen molar-refractivity contribution in [2.45, 2.75) is 13.8 Å². The second kappa shape index (κ2) is 4.06. The molecule has 52 valence electrons. The zero-order valence-electron chi connectivity index (χ0n) is 6.38. The quantitative estimate of drug-likeness (QED) is 0.233. The summed E-state index contributed by atoms with van der Waals surface area (Å²) in [7, 11) is 3.75. The predicted molar refractivity (Wildman–Crippen MR) is 38.0 cm³/mol. The largest absolute Gasteiger partial charge is 0.351 e. The summed E-state index contributed by atoms with van der Waals surface area (Å²) in [6.45, 7) is 3.76. The summed E-state index contributed by atoms with van der Waals surface area (Å²) in [6.07, 6.45) is 1.53. The van der Waals surface area contributed by atoms with Crippen LogP contribution >= 0.6 is 0 Å². The number of hydrogen-bond donors (Lipinski definition) is 0. The molecule has 0 radical (unpaired) electrons. The normalized spacial score (nSPS) is 8.00. The fraction of sp³-hybridized carbons (Fsp3) is 0.667. The topological polar surface area (TPSA) is 24.6 Å². The van der Waals surface area contributed by atoms with Crippen LogP contribution < -0.4 is 0 Å². The zero-order valence-corrected chi connectivity index (χ0v) is 6.38. The van der Waals surface area contributed by atoms with Crippen LogP contribution in [0, 0.1) is 0 Å². The van der Waals surface area contributed by atoms with Gasteiger partial charge in [-0.15, -0.1) is 0 Å². The van der Waals surface area contributed by atoms with E-state index in [1.54, 1.807) is 4.58 Å². The molecule has 0 atom stereocenters. The van der Waals surface area contributed by atoms with Crippen LogP contribution in [0.2, 0.25) is 0 Å². The summed E-state index contributed by atoms with van der Waals surface area (Å²) < 4.78 is 1.78. The van der Waals surface area contributed by atoms with Gasteiger partial charge in [0, 0.05) is 0 Å². The van der Waals surface area contributed by atoms with Crippen LogP contribution in [0.25, 0.3) is 0 Å². The van der Waals surface area contributed by atoms with Crippen LogP contribution in [-0.4, -0.2) is 30.8 Å². The minimum atomic E-state index is 0.910. The van der Waals surface area contributed by atoms with Gasteiger partial charge in [0.15, 0.2) is 0 Å². The lowest BCUT2D eigenvalue weighted by atomic mass is 10.5. The fourth-order valence-corrected chi connectivity index (χ4v) is 0.223. The predicted octanol–water partition coefficient (Wildman–Crippen LogP) is 0.699. The van der Waals surface area contributed by atoms with Gasteiger partial charge in [-0.3, -0.25) is 0 Å². The Hall–Kier alpha value is -0.860. The molecule has 0 heterocycles. The summed E-state index contributed by atoms with van der Waals surface area (Å²) in [6, 6.07) is 0. The lowest BCUT2D eigenvalue weighted by molar-refractivity contribution is -0.468. The fourth-order valence-electron chi connectivity index (χ4n) is 0.223. The average Bonchev–Trinajstić information content (AvgIpc) is 1.63. The maximum absolute atomic E-state index is 4.75. The Balaban J connectivity index is 3.53. The molecule has 0 bridgehead atoms. The highest BCUT2D eigenvalue weighted by atomic mass is 16.6. The minimum absolute atomic E-state index is 0.910. The monoisotopic (exact) mass is 129 g/mol. The van der Waals surface area contributed by atoms with Crippen LogP contribution in [0.15, 0.2) is 5.16 Å². The maximum Gasteiger partial charge on any atom is 0.351 e. The number of oxime groups is 1. The first-order chi connectivity index (χ1) is 4.13. The molecule has 0 unspecified atom stereocenters. The molecule has 0 aromatic carbocycles. The van der Waals surface area contributed by atoms with E-state index in [9.17, 15) is 0 Å². The Morgan fingerprint density at radius 2 is 2.00 bits per heavy atom. The van der Waals surface area contributed by atoms with Crippen molar-refractivity contribution in [2.24, 2.45) is 5.16 Å². The van der Waals surface area contributed by atoms with Crippen molar-refractivity contribution in [2.75, 3.05) is 14.1 Å². The zero-order chi connectivity index (χ0) is 7.28. The molecule has 0 aliphatic rings. The molecule has 0 N–H and O–H groups in total. The lowest BCUT2D eigenvalue weighted by Crippen LogP contribution is -1.99. The Kier molecular flexibility index (Phi) is 3.67. The number of hydrogen-bond acceptors (Lipinski definition) is 2. The summed E-state index contributed by atoms with van der Waals surface area (Å²) in [5.41, 5.74) is 0.910. The van der Waals surface area contributed by atoms with Crippen molar-refractivity contribution in [3.8, 4) is 0 Å². The first-order valence-electron chi connectivity index (χ1n) is 2.79. The van der Waals surface area contributed by atoms with E-state index in [4.69, 9.17) is 4.84 Å². The van der Waals surface area contributed by atoms with Crippen LogP contribution in [0.1, 0.15) is 13.8 Å². The Bertz CT molecular complexity index is 114. The summed E-state index contributed by atoms with van der Waals surface area (Å²) in [4.78, 5) is 4.75. The van der Waals surface area contributed by atoms with Crippen molar-refractivity contribution in [3.05, 3.63) is 0 Å². The summed E-state index contributed by atoms with van der Waals surface area (Å²) >= 11 is 0. The lowest BCUT2D eigenvalue weighted by Gasteiger charge is -1.86. The van der Waals surface area contributed by atoms with E-state index < -0.39 is 0 Å². The third-order valence-electron chi connectivity index (χ3n) is 0.493. The molecule has 0 saturated carbocycles. The van der Waals surface area contributed by atoms with E-state index >= 15 is 0 Å². The Labute approximate surface area is 55.6 Å². The second-order valence-electron chi connectivity index (χ2n) is 2.21. The smallest absolute Gasteiger partial charge is 0.300 e. The van der Waals surface area contributed by atoms with Crippen LogP contribution in [0.5, 0.6) is 0 Å². The number of rotatable bonds is 2. The second-order valence-corrected chi connectivity index (χ2v) is 2.21. The highest BCUT2D eigenvalue weighted by molar-refractivity contribution is 5.78. The van der Waals surface area contributed by atoms with Gasteiger partial charge < -0.3 is 4.84 Å². The van der Waals surface area contributed by atoms with Crippen molar-refractivity contribution in [1.82, 2.24) is 0 Å². The first-order valence-corrected chi connectivity index (χ1v) is 2.79. The van der Waals surface area contributed by atoms with E-state index in [-0.39, 0.29) is 0 Å². The molecule has 0 aliphatic heterocycles. The molecule has 0 aromatic heterocycles. The molecule has 0 fully saturated rings. The van der Waals surface area contributed by atoms with Gasteiger partial charge >= 0.3 is 6.40 Å². The van der Waals surface area contributed by atoms with Gasteiger partial charge in [-0.2, -0.15) is 0 Å². The van der Waals surface area contributed by atoms with E-state index in [2.05, 4.69) is 5.16 Å². The molecular weight excluding hydrogens is 116 g/mol. The third-order valence-corrected chi connectivity index (χ3v) is 0.493. The Morgan fingerprint density at radius 3 is 2.33 bits per heavy atom. The van der Waals surface area contributed by atoms with Crippen molar-refractivity contribution < 1.29 is 9.41 Å². The average molecular weight is 129 g/mol. The summed E-state index contributed by atoms with van der Waals surface area (Å²) in [5.74, 6) is 0. The highest BCUT2D eigenvalue weighted by Crippen LogP contribution is 1.73. The summed E-state index contributed by atoms with van der Waals surface area (Å²) in [5, 5.41) is 3.68. The van der Waals surface area contributed by atoms with Gasteiger partial charge in [-0.1, -0.05) is 5.16 Å². The van der Waals surface area contributed by atoms with Crippen LogP contribution in [-0.2, 0) is 4.84 Å². The van der Waals surface area contributed by atoms with Gasteiger partial charge in [0.2, 0.25) is 0 Å². The molecule has 0 amide bonds. The van der Waals surface area contributed by atoms with E-state index in [1.807, 2.05) is 27.9 Å². The van der Waals surface area contributed by atoms with Gasteiger partial charge in [-0.25, -0.2) is 4.58 Å². The van der Waals surface area contributed by atoms with Crippen LogP contribution in [0.4, 0.5) is 0 Å². The molecule has 0 spiro atoms. The molecule has 0 aliphatic carbocycles. The van der Waals surface area contributed by atoms with Gasteiger partial charge in [0.25, 0.3) is 0 Å². The van der Waals surface area contributed by atoms with E-state index in [0.717, 1.165) is 5.71 Å². The van der Waals surface area contributed by atoms with Crippen LogP contribution in [0.3, 0.4) is 0 Å². The SMILES string of the molecule is CC(C)=NOC=[N+](C)C. The van der Waals surface area contributed by atoms with Gasteiger partial charge in [0.1, 0.15) is 14.1 Å². The molecular formula is C6H13N2O+. The highest BCUT2D eigenvalue weighted by Gasteiger charge is 1.81. The molecule has 0 rings (SSSR count). The van der Waals surface area contributed by atoms with E-state index in [0.29, 0.717) is 0 Å². The minimum Gasteiger partial charge on any atom is -0.300 e. The van der Waals surface area contributed by atoms with Gasteiger partial charge in [0.05, 0.1) is 5.71 Å².